The molecule has 0 aromatic heterocycles. The lowest BCUT2D eigenvalue weighted by atomic mass is 10.0. The highest BCUT2D eigenvalue weighted by Crippen LogP contribution is 2.40. The molecule has 0 spiro atoms. The van der Waals surface area contributed by atoms with Gasteiger partial charge in [-0.25, -0.2) is 0 Å². The van der Waals surface area contributed by atoms with Crippen molar-refractivity contribution in [3.63, 3.8) is 0 Å². The van der Waals surface area contributed by atoms with Gasteiger partial charge < -0.3 is 25.3 Å². The van der Waals surface area contributed by atoms with Crippen molar-refractivity contribution in [3.05, 3.63) is 12.1 Å². The van der Waals surface area contributed by atoms with Crippen molar-refractivity contribution < 1.29 is 19.0 Å². The van der Waals surface area contributed by atoms with E-state index in [4.69, 9.17) is 19.9 Å². The monoisotopic (exact) mass is 296 g/mol. The van der Waals surface area contributed by atoms with E-state index >= 15 is 0 Å². The van der Waals surface area contributed by atoms with Crippen molar-refractivity contribution in [1.82, 2.24) is 0 Å². The number of ether oxygens (including phenoxy) is 3. The molecule has 1 rings (SSSR count). The molecule has 1 unspecified atom stereocenters. The fourth-order valence-corrected chi connectivity index (χ4v) is 1.97. The summed E-state index contributed by atoms with van der Waals surface area (Å²) in [6.07, 6.45) is 1.58. The van der Waals surface area contributed by atoms with Crippen LogP contribution in [0.5, 0.6) is 17.2 Å². The topological polar surface area (TPSA) is 82.8 Å². The molecule has 21 heavy (non-hydrogen) atoms. The van der Waals surface area contributed by atoms with Crippen LogP contribution in [0.3, 0.4) is 0 Å². The number of benzene rings is 1. The Kier molecular flexibility index (Phi) is 6.81. The van der Waals surface area contributed by atoms with Gasteiger partial charge in [0.15, 0.2) is 11.5 Å². The maximum absolute atomic E-state index is 12.1. The van der Waals surface area contributed by atoms with E-state index in [2.05, 4.69) is 5.32 Å². The number of rotatable bonds is 8. The van der Waals surface area contributed by atoms with Crippen molar-refractivity contribution in [2.45, 2.75) is 19.8 Å². The molecule has 0 saturated heterocycles. The molecule has 0 aliphatic carbocycles. The van der Waals surface area contributed by atoms with Crippen LogP contribution in [0.25, 0.3) is 0 Å². The second-order valence-corrected chi connectivity index (χ2v) is 4.74. The summed E-state index contributed by atoms with van der Waals surface area (Å²) in [6.45, 7) is 2.46. The molecule has 1 aromatic rings. The summed E-state index contributed by atoms with van der Waals surface area (Å²) in [5.74, 6) is 1.34. The van der Waals surface area contributed by atoms with E-state index in [1.54, 1.807) is 12.1 Å². The maximum Gasteiger partial charge on any atom is 0.227 e. The van der Waals surface area contributed by atoms with E-state index < -0.39 is 0 Å². The number of hydrogen-bond donors (Lipinski definition) is 2. The van der Waals surface area contributed by atoms with Gasteiger partial charge in [0.05, 0.1) is 21.3 Å². The first-order valence-corrected chi connectivity index (χ1v) is 6.88. The first-order valence-electron chi connectivity index (χ1n) is 6.88. The number of hydrogen-bond acceptors (Lipinski definition) is 5. The van der Waals surface area contributed by atoms with Gasteiger partial charge in [-0.05, 0) is 19.4 Å². The lowest BCUT2D eigenvalue weighted by molar-refractivity contribution is -0.119. The summed E-state index contributed by atoms with van der Waals surface area (Å²) >= 11 is 0. The van der Waals surface area contributed by atoms with Crippen LogP contribution in [0.1, 0.15) is 19.8 Å². The lowest BCUT2D eigenvalue weighted by Gasteiger charge is -2.16. The zero-order valence-electron chi connectivity index (χ0n) is 13.1. The van der Waals surface area contributed by atoms with Gasteiger partial charge in [0, 0.05) is 23.7 Å². The first kappa shape index (κ1) is 17.1. The summed E-state index contributed by atoms with van der Waals surface area (Å²) in [4.78, 5) is 12.1. The second-order valence-electron chi connectivity index (χ2n) is 4.74. The van der Waals surface area contributed by atoms with Gasteiger partial charge in [0.2, 0.25) is 11.7 Å². The van der Waals surface area contributed by atoms with Gasteiger partial charge in [0.1, 0.15) is 0 Å². The van der Waals surface area contributed by atoms with Crippen LogP contribution in [0.4, 0.5) is 5.69 Å². The average molecular weight is 296 g/mol. The largest absolute Gasteiger partial charge is 0.493 e. The summed E-state index contributed by atoms with van der Waals surface area (Å²) in [6, 6.07) is 3.41. The summed E-state index contributed by atoms with van der Waals surface area (Å²) in [7, 11) is 4.60. The number of anilines is 1. The molecule has 0 aliphatic heterocycles. The Balaban J connectivity index is 2.91. The molecule has 0 radical (unpaired) electrons. The Morgan fingerprint density at radius 2 is 1.76 bits per heavy atom. The van der Waals surface area contributed by atoms with Gasteiger partial charge in [-0.3, -0.25) is 4.79 Å². The van der Waals surface area contributed by atoms with Crippen LogP contribution in [0, 0.1) is 5.92 Å². The third-order valence-corrected chi connectivity index (χ3v) is 3.22. The predicted octanol–water partition coefficient (Wildman–Crippen LogP) is 2.03. The van der Waals surface area contributed by atoms with E-state index in [1.165, 1.54) is 21.3 Å². The van der Waals surface area contributed by atoms with Gasteiger partial charge in [-0.2, -0.15) is 0 Å². The minimum Gasteiger partial charge on any atom is -0.493 e. The molecule has 3 N–H and O–H groups in total. The van der Waals surface area contributed by atoms with Gasteiger partial charge >= 0.3 is 0 Å². The Morgan fingerprint density at radius 1 is 1.19 bits per heavy atom. The zero-order chi connectivity index (χ0) is 15.8. The van der Waals surface area contributed by atoms with E-state index in [0.717, 1.165) is 12.8 Å². The molecular weight excluding hydrogens is 272 g/mol. The molecule has 1 amide bonds. The molecular formula is C15H24N2O4. The molecule has 1 aromatic carbocycles. The second kappa shape index (κ2) is 8.36. The van der Waals surface area contributed by atoms with Crippen LogP contribution in [-0.4, -0.2) is 33.8 Å². The molecule has 1 atom stereocenters. The number of carbonyl (C=O) groups is 1. The van der Waals surface area contributed by atoms with Crippen LogP contribution < -0.4 is 25.3 Å². The molecule has 0 bridgehead atoms. The lowest BCUT2D eigenvalue weighted by Crippen LogP contribution is -2.21. The summed E-state index contributed by atoms with van der Waals surface area (Å²) in [5.41, 5.74) is 6.06. The fourth-order valence-electron chi connectivity index (χ4n) is 1.97. The first-order chi connectivity index (χ1) is 10.1. The van der Waals surface area contributed by atoms with Crippen LogP contribution >= 0.6 is 0 Å². The molecule has 0 aliphatic rings. The summed E-state index contributed by atoms with van der Waals surface area (Å²) < 4.78 is 15.7. The molecule has 6 nitrogen and oxygen atoms in total. The third-order valence-electron chi connectivity index (χ3n) is 3.22. The third kappa shape index (κ3) is 4.53. The average Bonchev–Trinajstić information content (AvgIpc) is 2.51. The Hall–Kier alpha value is -1.95. The highest BCUT2D eigenvalue weighted by Gasteiger charge is 2.17. The quantitative estimate of drug-likeness (QED) is 0.767. The standard InChI is InChI=1S/C15H24N2O4/c1-10(6-5-7-16)15(18)17-11-8-12(19-2)14(21-4)13(9-11)20-3/h8-10H,5-7,16H2,1-4H3,(H,17,18). The zero-order valence-corrected chi connectivity index (χ0v) is 13.1. The highest BCUT2D eigenvalue weighted by molar-refractivity contribution is 5.93. The van der Waals surface area contributed by atoms with Crippen LogP contribution in [-0.2, 0) is 4.79 Å². The molecule has 0 saturated carbocycles. The Morgan fingerprint density at radius 3 is 2.19 bits per heavy atom. The van der Waals surface area contributed by atoms with Crippen molar-refractivity contribution in [2.75, 3.05) is 33.2 Å². The van der Waals surface area contributed by atoms with Gasteiger partial charge in [-0.15, -0.1) is 0 Å². The van der Waals surface area contributed by atoms with Crippen molar-refractivity contribution in [2.24, 2.45) is 11.7 Å². The van der Waals surface area contributed by atoms with Gasteiger partial charge in [0.25, 0.3) is 0 Å². The van der Waals surface area contributed by atoms with Crippen molar-refractivity contribution in [3.8, 4) is 17.2 Å². The smallest absolute Gasteiger partial charge is 0.227 e. The SMILES string of the molecule is COc1cc(NC(=O)C(C)CCCN)cc(OC)c1OC. The Bertz CT molecular complexity index is 452. The van der Waals surface area contributed by atoms with E-state index in [9.17, 15) is 4.79 Å². The normalized spacial score (nSPS) is 11.7. The number of methoxy groups -OCH3 is 3. The molecule has 6 heteroatoms. The Labute approximate surface area is 125 Å². The molecule has 0 heterocycles. The van der Waals surface area contributed by atoms with E-state index in [0.29, 0.717) is 29.5 Å². The van der Waals surface area contributed by atoms with Crippen LogP contribution in [0.2, 0.25) is 0 Å². The number of nitrogens with one attached hydrogen (secondary N) is 1. The van der Waals surface area contributed by atoms with E-state index in [-0.39, 0.29) is 11.8 Å². The molecule has 118 valence electrons. The van der Waals surface area contributed by atoms with Gasteiger partial charge in [-0.1, -0.05) is 6.92 Å². The summed E-state index contributed by atoms with van der Waals surface area (Å²) in [5, 5.41) is 2.86. The number of carbonyl (C=O) groups excluding carboxylic acids is 1. The minimum atomic E-state index is -0.104. The maximum atomic E-state index is 12.1. The number of amides is 1. The van der Waals surface area contributed by atoms with Crippen LogP contribution in [0.15, 0.2) is 12.1 Å². The molecule has 0 fully saturated rings. The highest BCUT2D eigenvalue weighted by atomic mass is 16.5. The van der Waals surface area contributed by atoms with E-state index in [1.807, 2.05) is 6.92 Å². The predicted molar refractivity (Wildman–Crippen MR) is 82.2 cm³/mol. The fraction of sp³-hybridized carbons (Fsp3) is 0.533. The minimum absolute atomic E-state index is 0.0577. The van der Waals surface area contributed by atoms with Crippen molar-refractivity contribution in [1.29, 1.82) is 0 Å². The number of nitrogens with two attached hydrogens (primary N) is 1. The van der Waals surface area contributed by atoms with Crippen molar-refractivity contribution >= 4 is 11.6 Å².